The molecule has 194 valence electrons. The van der Waals surface area contributed by atoms with Gasteiger partial charge < -0.3 is 19.6 Å². The second-order valence-electron chi connectivity index (χ2n) is 7.44. The highest BCUT2D eigenvalue weighted by Gasteiger charge is 1.99. The van der Waals surface area contributed by atoms with Gasteiger partial charge in [-0.1, -0.05) is 10.3 Å². The molecule has 0 atom stereocenters. The van der Waals surface area contributed by atoms with E-state index >= 15 is 0 Å². The van der Waals surface area contributed by atoms with E-state index in [1.165, 1.54) is 19.2 Å². The molecule has 3 N–H and O–H groups in total. The molecule has 11 nitrogen and oxygen atoms in total. The third kappa shape index (κ3) is 18.6. The lowest BCUT2D eigenvalue weighted by atomic mass is 10.1. The lowest BCUT2D eigenvalue weighted by Crippen LogP contribution is -2.05. The van der Waals surface area contributed by atoms with E-state index in [-0.39, 0.29) is 12.2 Å². The fourth-order valence-electron chi connectivity index (χ4n) is 2.42. The van der Waals surface area contributed by atoms with Crippen LogP contribution in [0.3, 0.4) is 0 Å². The van der Waals surface area contributed by atoms with E-state index < -0.39 is 5.97 Å². The molecule has 0 heterocycles. The smallest absolute Gasteiger partial charge is 0.303 e. The Morgan fingerprint density at radius 2 is 1.40 bits per heavy atom. The summed E-state index contributed by atoms with van der Waals surface area (Å²) in [4.78, 5) is 56.9. The zero-order valence-electron chi connectivity index (χ0n) is 20.3. The number of aldehydes is 2. The van der Waals surface area contributed by atoms with E-state index in [1.54, 1.807) is 19.1 Å². The summed E-state index contributed by atoms with van der Waals surface area (Å²) in [5.74, 6) is 3.83. The van der Waals surface area contributed by atoms with Crippen molar-refractivity contribution in [3.05, 3.63) is 34.9 Å². The first-order valence-electron chi connectivity index (χ1n) is 11.3. The number of hydrogen-bond donors (Lipinski definition) is 2. The summed E-state index contributed by atoms with van der Waals surface area (Å²) in [5.41, 5.74) is 1.84. The number of carboxylic acid groups (broad SMARTS) is 1. The zero-order valence-corrected chi connectivity index (χ0v) is 20.3. The maximum Gasteiger partial charge on any atom is 0.303 e. The van der Waals surface area contributed by atoms with Gasteiger partial charge in [-0.3, -0.25) is 19.2 Å². The van der Waals surface area contributed by atoms with E-state index in [0.717, 1.165) is 25.7 Å². The Hall–Kier alpha value is -3.44. The van der Waals surface area contributed by atoms with Gasteiger partial charge in [0.15, 0.2) is 5.78 Å². The molecule has 0 radical (unpaired) electrons. The fraction of sp³-hybridized carbons (Fsp3) is 0.500. The molecule has 0 bridgehead atoms. The summed E-state index contributed by atoms with van der Waals surface area (Å²) in [7, 11) is 0. The van der Waals surface area contributed by atoms with Crippen molar-refractivity contribution in [3.63, 3.8) is 0 Å². The Morgan fingerprint density at radius 1 is 0.857 bits per heavy atom. The molecule has 1 rings (SSSR count). The Morgan fingerprint density at radius 3 is 1.91 bits per heavy atom. The third-order valence-electron chi connectivity index (χ3n) is 4.38. The topological polar surface area (TPSA) is 167 Å². The number of carbonyl (C=O) groups is 4. The molecule has 11 heteroatoms. The number of nitrogens with zero attached hydrogens (tertiary/aromatic N) is 2. The first-order chi connectivity index (χ1) is 16.8. The molecule has 1 aromatic carbocycles. The number of aliphatic carboxylic acids is 1. The van der Waals surface area contributed by atoms with Crippen LogP contribution >= 0.6 is 0 Å². The maximum atomic E-state index is 10.9. The Labute approximate surface area is 205 Å². The van der Waals surface area contributed by atoms with E-state index in [0.29, 0.717) is 67.6 Å². The number of unbranched alkanes of at least 4 members (excludes halogenated alkanes) is 4. The number of nitrogens with two attached hydrogens (primary N) is 1. The van der Waals surface area contributed by atoms with Crippen LogP contribution in [0, 0.1) is 0 Å². The molecule has 0 spiro atoms. The zero-order chi connectivity index (χ0) is 26.3. The highest BCUT2D eigenvalue weighted by molar-refractivity contribution is 6.37. The largest absolute Gasteiger partial charge is 0.481 e. The van der Waals surface area contributed by atoms with E-state index in [1.807, 2.05) is 0 Å². The standard InChI is InChI=1S/C19H24N2O5.C5H11NO3/c1-15(16(2)24)21-26-8-6-4-3-5-7-25-20-12-17-9-18(13-22)11-19(10-17)14-23;6-9-4-2-1-3-5(7)8/h9-14H,3-8H2,1-2H3;1-4,6H2,(H,7,8)/b20-12-,21-15-;. The molecule has 0 aliphatic heterocycles. The van der Waals surface area contributed by atoms with Crippen LogP contribution in [0.2, 0.25) is 0 Å². The minimum Gasteiger partial charge on any atom is -0.481 e. The normalized spacial score (nSPS) is 10.9. The third-order valence-corrected chi connectivity index (χ3v) is 4.38. The van der Waals surface area contributed by atoms with Gasteiger partial charge in [-0.2, -0.15) is 0 Å². The van der Waals surface area contributed by atoms with E-state index in [2.05, 4.69) is 15.1 Å². The SMILES string of the molecule is CC(=O)/C(C)=N\OCCCCCCO/N=C\c1cc(C=O)cc(C=O)c1.NOCCCCC(=O)O. The van der Waals surface area contributed by atoms with Crippen LogP contribution in [0.1, 0.15) is 85.1 Å². The molecule has 0 saturated heterocycles. The minimum absolute atomic E-state index is 0.0945. The number of rotatable bonds is 18. The molecular formula is C24H35N3O8. The molecule has 0 saturated carbocycles. The Bertz CT molecular complexity index is 814. The molecular weight excluding hydrogens is 458 g/mol. The lowest BCUT2D eigenvalue weighted by molar-refractivity contribution is -0.137. The molecule has 0 unspecified atom stereocenters. The van der Waals surface area contributed by atoms with Gasteiger partial charge in [-0.05, 0) is 69.2 Å². The summed E-state index contributed by atoms with van der Waals surface area (Å²) in [6, 6.07) is 4.76. The number of benzene rings is 1. The van der Waals surface area contributed by atoms with Crippen molar-refractivity contribution in [2.45, 2.75) is 58.8 Å². The molecule has 0 fully saturated rings. The number of carbonyl (C=O) groups excluding carboxylic acids is 3. The van der Waals surface area contributed by atoms with Gasteiger partial charge in [0.05, 0.1) is 12.8 Å². The van der Waals surface area contributed by atoms with Crippen LogP contribution < -0.4 is 5.90 Å². The predicted molar refractivity (Wildman–Crippen MR) is 131 cm³/mol. The van der Waals surface area contributed by atoms with Crippen molar-refractivity contribution in [1.29, 1.82) is 0 Å². The second kappa shape index (κ2) is 21.1. The van der Waals surface area contributed by atoms with E-state index in [9.17, 15) is 19.2 Å². The molecule has 0 aliphatic rings. The van der Waals surface area contributed by atoms with Crippen molar-refractivity contribution in [2.24, 2.45) is 16.2 Å². The van der Waals surface area contributed by atoms with Gasteiger partial charge in [-0.15, -0.1) is 0 Å². The minimum atomic E-state index is -0.771. The molecule has 1 aromatic rings. The molecule has 0 amide bonds. The average molecular weight is 494 g/mol. The van der Waals surface area contributed by atoms with Crippen molar-refractivity contribution in [1.82, 2.24) is 0 Å². The summed E-state index contributed by atoms with van der Waals surface area (Å²) in [5, 5.41) is 15.7. The number of carboxylic acids is 1. The van der Waals surface area contributed by atoms with Crippen molar-refractivity contribution in [2.75, 3.05) is 19.8 Å². The highest BCUT2D eigenvalue weighted by Crippen LogP contribution is 2.06. The quantitative estimate of drug-likeness (QED) is 0.135. The first-order valence-corrected chi connectivity index (χ1v) is 11.3. The molecule has 35 heavy (non-hydrogen) atoms. The summed E-state index contributed by atoms with van der Waals surface area (Å²) in [6.45, 7) is 4.47. The van der Waals surface area contributed by atoms with E-state index in [4.69, 9.17) is 20.7 Å². The number of oxime groups is 2. The average Bonchev–Trinajstić information content (AvgIpc) is 2.84. The van der Waals surface area contributed by atoms with Crippen LogP contribution in [-0.4, -0.2) is 61.2 Å². The first kappa shape index (κ1) is 31.6. The monoisotopic (exact) mass is 493 g/mol. The summed E-state index contributed by atoms with van der Waals surface area (Å²) >= 11 is 0. The summed E-state index contributed by atoms with van der Waals surface area (Å²) < 4.78 is 0. The van der Waals surface area contributed by atoms with Crippen LogP contribution in [-0.2, 0) is 24.1 Å². The Balaban J connectivity index is 0.00000109. The van der Waals surface area contributed by atoms with Crippen LogP contribution in [0.4, 0.5) is 0 Å². The van der Waals surface area contributed by atoms with Crippen molar-refractivity contribution < 1.29 is 38.8 Å². The second-order valence-corrected chi connectivity index (χ2v) is 7.44. The van der Waals surface area contributed by atoms with Gasteiger partial charge in [0, 0.05) is 24.5 Å². The van der Waals surface area contributed by atoms with Crippen LogP contribution in [0.25, 0.3) is 0 Å². The van der Waals surface area contributed by atoms with Crippen LogP contribution in [0.5, 0.6) is 0 Å². The fourth-order valence-corrected chi connectivity index (χ4v) is 2.42. The predicted octanol–water partition coefficient (Wildman–Crippen LogP) is 3.34. The lowest BCUT2D eigenvalue weighted by Gasteiger charge is -2.02. The van der Waals surface area contributed by atoms with Gasteiger partial charge in [0.1, 0.15) is 31.5 Å². The molecule has 0 aromatic heterocycles. The Kier molecular flexibility index (Phi) is 19.0. The number of Topliss-reactive ketones (excluding diaryl/α,β-unsaturated/α-hetero) is 1. The molecule has 0 aliphatic carbocycles. The number of ketones is 1. The van der Waals surface area contributed by atoms with Gasteiger partial charge in [0.2, 0.25) is 0 Å². The van der Waals surface area contributed by atoms with Crippen LogP contribution in [0.15, 0.2) is 28.5 Å². The number of hydrogen-bond acceptors (Lipinski definition) is 10. The van der Waals surface area contributed by atoms with Crippen molar-refractivity contribution in [3.8, 4) is 0 Å². The summed E-state index contributed by atoms with van der Waals surface area (Å²) in [6.07, 6.45) is 8.01. The van der Waals surface area contributed by atoms with Crippen molar-refractivity contribution >= 4 is 36.3 Å². The van der Waals surface area contributed by atoms with Gasteiger partial charge in [-0.25, -0.2) is 5.90 Å². The highest BCUT2D eigenvalue weighted by atomic mass is 16.6. The van der Waals surface area contributed by atoms with Gasteiger partial charge in [0.25, 0.3) is 0 Å². The van der Waals surface area contributed by atoms with Gasteiger partial charge >= 0.3 is 5.97 Å². The maximum absolute atomic E-state index is 10.9.